The first kappa shape index (κ1) is 18.5. The number of aryl methyl sites for hydroxylation is 2. The van der Waals surface area contributed by atoms with E-state index in [2.05, 4.69) is 15.0 Å². The molecule has 0 aliphatic heterocycles. The van der Waals surface area contributed by atoms with Gasteiger partial charge in [0.15, 0.2) is 5.13 Å². The molecule has 3 aromatic rings. The van der Waals surface area contributed by atoms with Gasteiger partial charge < -0.3 is 0 Å². The van der Waals surface area contributed by atoms with Crippen LogP contribution in [-0.4, -0.2) is 26.4 Å². The number of fused-ring (bicyclic) bond motifs is 1. The number of thiazole rings is 1. The summed E-state index contributed by atoms with van der Waals surface area (Å²) in [6.07, 6.45) is 0. The maximum atomic E-state index is 12.6. The van der Waals surface area contributed by atoms with Crippen molar-refractivity contribution in [2.75, 3.05) is 12.4 Å². The van der Waals surface area contributed by atoms with Gasteiger partial charge in [0.2, 0.25) is 10.0 Å². The minimum Gasteiger partial charge on any atom is -0.298 e. The Labute approximate surface area is 156 Å². The van der Waals surface area contributed by atoms with Crippen LogP contribution in [0.2, 0.25) is 0 Å². The fraction of sp³-hybridized carbons (Fsp3) is 0.222. The van der Waals surface area contributed by atoms with Gasteiger partial charge in [-0.15, -0.1) is 0 Å². The Morgan fingerprint density at radius 3 is 2.54 bits per heavy atom. The number of sulfonamides is 1. The van der Waals surface area contributed by atoms with Crippen molar-refractivity contribution in [3.05, 3.63) is 52.6 Å². The monoisotopic (exact) mass is 389 g/mol. The van der Waals surface area contributed by atoms with Crippen molar-refractivity contribution in [2.24, 2.45) is 0 Å². The number of anilines is 1. The number of amides is 1. The summed E-state index contributed by atoms with van der Waals surface area (Å²) in [5.41, 5.74) is 3.56. The maximum Gasteiger partial charge on any atom is 0.257 e. The zero-order valence-corrected chi connectivity index (χ0v) is 16.5. The lowest BCUT2D eigenvalue weighted by Crippen LogP contribution is -2.21. The van der Waals surface area contributed by atoms with E-state index >= 15 is 0 Å². The molecular weight excluding hydrogens is 370 g/mol. The number of rotatable bonds is 4. The number of carbonyl (C=O) groups is 1. The Balaban J connectivity index is 1.96. The van der Waals surface area contributed by atoms with E-state index in [1.165, 1.54) is 24.5 Å². The van der Waals surface area contributed by atoms with Crippen LogP contribution in [-0.2, 0) is 10.0 Å². The Morgan fingerprint density at radius 1 is 1.12 bits per heavy atom. The van der Waals surface area contributed by atoms with Gasteiger partial charge in [-0.25, -0.2) is 18.1 Å². The van der Waals surface area contributed by atoms with Gasteiger partial charge in [-0.3, -0.25) is 10.1 Å². The standard InChI is InChI=1S/C18H19N3O3S2/c1-10-5-6-14-15(7-10)25-18(20-14)21-17(22)13-8-11(2)12(3)16(9-13)26(23,24)19-4/h5-9,19H,1-4H3,(H,20,21,22). The average molecular weight is 390 g/mol. The SMILES string of the molecule is CNS(=O)(=O)c1cc(C(=O)Nc2nc3ccc(C)cc3s2)cc(C)c1C. The van der Waals surface area contributed by atoms with Crippen LogP contribution in [0, 0.1) is 20.8 Å². The van der Waals surface area contributed by atoms with Gasteiger partial charge in [-0.05, 0) is 68.8 Å². The van der Waals surface area contributed by atoms with Crippen LogP contribution in [0.4, 0.5) is 5.13 Å². The third-order valence-corrected chi connectivity index (χ3v) is 6.68. The molecule has 0 saturated heterocycles. The molecule has 2 N–H and O–H groups in total. The molecule has 1 heterocycles. The summed E-state index contributed by atoms with van der Waals surface area (Å²) in [6, 6.07) is 8.95. The summed E-state index contributed by atoms with van der Waals surface area (Å²) < 4.78 is 27.7. The van der Waals surface area contributed by atoms with Gasteiger partial charge >= 0.3 is 0 Å². The molecule has 0 saturated carbocycles. The fourth-order valence-corrected chi connectivity index (χ4v) is 4.63. The molecule has 1 aromatic heterocycles. The fourth-order valence-electron chi connectivity index (χ4n) is 2.60. The van der Waals surface area contributed by atoms with E-state index < -0.39 is 15.9 Å². The molecule has 0 bridgehead atoms. The molecule has 3 rings (SSSR count). The van der Waals surface area contributed by atoms with Crippen LogP contribution in [0.5, 0.6) is 0 Å². The predicted octanol–water partition coefficient (Wildman–Crippen LogP) is 3.38. The average Bonchev–Trinajstić information content (AvgIpc) is 2.98. The minimum absolute atomic E-state index is 0.102. The maximum absolute atomic E-state index is 12.6. The minimum atomic E-state index is -3.65. The first-order valence-corrected chi connectivity index (χ1v) is 10.2. The third-order valence-electron chi connectivity index (χ3n) is 4.20. The topological polar surface area (TPSA) is 88.2 Å². The number of nitrogens with zero attached hydrogens (tertiary/aromatic N) is 1. The van der Waals surface area contributed by atoms with Gasteiger partial charge in [0.25, 0.3) is 5.91 Å². The Morgan fingerprint density at radius 2 is 1.85 bits per heavy atom. The van der Waals surface area contributed by atoms with Crippen molar-refractivity contribution in [2.45, 2.75) is 25.7 Å². The number of nitrogens with one attached hydrogen (secondary N) is 2. The Bertz CT molecular complexity index is 1120. The molecule has 26 heavy (non-hydrogen) atoms. The van der Waals surface area contributed by atoms with Gasteiger partial charge in [0.05, 0.1) is 15.1 Å². The molecule has 136 valence electrons. The number of hydrogen-bond acceptors (Lipinski definition) is 5. The van der Waals surface area contributed by atoms with Crippen LogP contribution in [0.1, 0.15) is 27.0 Å². The third kappa shape index (κ3) is 3.48. The molecule has 2 aromatic carbocycles. The molecule has 1 amide bonds. The number of hydrogen-bond donors (Lipinski definition) is 2. The summed E-state index contributed by atoms with van der Waals surface area (Å²) in [7, 11) is -2.30. The zero-order chi connectivity index (χ0) is 19.1. The quantitative estimate of drug-likeness (QED) is 0.716. The molecule has 0 unspecified atom stereocenters. The predicted molar refractivity (Wildman–Crippen MR) is 104 cm³/mol. The first-order chi connectivity index (χ1) is 12.2. The van der Waals surface area contributed by atoms with E-state index in [9.17, 15) is 13.2 Å². The van der Waals surface area contributed by atoms with E-state index in [1.807, 2.05) is 25.1 Å². The normalized spacial score (nSPS) is 11.7. The highest BCUT2D eigenvalue weighted by Crippen LogP contribution is 2.27. The van der Waals surface area contributed by atoms with Crippen molar-refractivity contribution in [3.63, 3.8) is 0 Å². The van der Waals surface area contributed by atoms with E-state index in [4.69, 9.17) is 0 Å². The molecule has 0 spiro atoms. The van der Waals surface area contributed by atoms with E-state index in [-0.39, 0.29) is 10.5 Å². The van der Waals surface area contributed by atoms with Crippen molar-refractivity contribution >= 4 is 42.6 Å². The molecule has 0 fully saturated rings. The summed E-state index contributed by atoms with van der Waals surface area (Å²) >= 11 is 1.38. The van der Waals surface area contributed by atoms with Crippen molar-refractivity contribution in [3.8, 4) is 0 Å². The second kappa shape index (κ2) is 6.79. The van der Waals surface area contributed by atoms with Crippen LogP contribution in [0.3, 0.4) is 0 Å². The van der Waals surface area contributed by atoms with Gasteiger partial charge in [0, 0.05) is 5.56 Å². The van der Waals surface area contributed by atoms with Crippen LogP contribution < -0.4 is 10.0 Å². The van der Waals surface area contributed by atoms with Crippen molar-refractivity contribution in [1.82, 2.24) is 9.71 Å². The zero-order valence-electron chi connectivity index (χ0n) is 14.9. The van der Waals surface area contributed by atoms with Gasteiger partial charge in [-0.1, -0.05) is 17.4 Å². The summed E-state index contributed by atoms with van der Waals surface area (Å²) in [4.78, 5) is 17.1. The van der Waals surface area contributed by atoms with Crippen molar-refractivity contribution in [1.29, 1.82) is 0 Å². The van der Waals surface area contributed by atoms with E-state index in [1.54, 1.807) is 19.9 Å². The smallest absolute Gasteiger partial charge is 0.257 e. The lowest BCUT2D eigenvalue weighted by Gasteiger charge is -2.12. The molecular formula is C18H19N3O3S2. The molecule has 8 heteroatoms. The highest BCUT2D eigenvalue weighted by atomic mass is 32.2. The number of carbonyl (C=O) groups excluding carboxylic acids is 1. The second-order valence-corrected chi connectivity index (χ2v) is 8.95. The molecule has 0 radical (unpaired) electrons. The number of aromatic nitrogens is 1. The summed E-state index contributed by atoms with van der Waals surface area (Å²) in [5.74, 6) is -0.392. The lowest BCUT2D eigenvalue weighted by molar-refractivity contribution is 0.102. The van der Waals surface area contributed by atoms with Crippen LogP contribution in [0.15, 0.2) is 35.2 Å². The molecule has 0 atom stereocenters. The largest absolute Gasteiger partial charge is 0.298 e. The number of benzene rings is 2. The summed E-state index contributed by atoms with van der Waals surface area (Å²) in [5, 5.41) is 3.24. The second-order valence-electron chi connectivity index (χ2n) is 6.07. The molecule has 0 aliphatic rings. The highest BCUT2D eigenvalue weighted by Gasteiger charge is 2.20. The van der Waals surface area contributed by atoms with Crippen LogP contribution >= 0.6 is 11.3 Å². The first-order valence-electron chi connectivity index (χ1n) is 7.94. The summed E-state index contributed by atoms with van der Waals surface area (Å²) in [6.45, 7) is 5.49. The highest BCUT2D eigenvalue weighted by molar-refractivity contribution is 7.89. The van der Waals surface area contributed by atoms with Gasteiger partial charge in [0.1, 0.15) is 0 Å². The lowest BCUT2D eigenvalue weighted by atomic mass is 10.1. The van der Waals surface area contributed by atoms with Crippen LogP contribution in [0.25, 0.3) is 10.2 Å². The Kier molecular flexibility index (Phi) is 4.83. The van der Waals surface area contributed by atoms with E-state index in [0.29, 0.717) is 10.7 Å². The molecule has 0 aliphatic carbocycles. The van der Waals surface area contributed by atoms with Crippen molar-refractivity contribution < 1.29 is 13.2 Å². The van der Waals surface area contributed by atoms with Gasteiger partial charge in [-0.2, -0.15) is 0 Å². The van der Waals surface area contributed by atoms with E-state index in [0.717, 1.165) is 21.3 Å². The molecule has 6 nitrogen and oxygen atoms in total. The Hall–Kier alpha value is -2.29.